The first-order valence-electron chi connectivity index (χ1n) is 11.0. The van der Waals surface area contributed by atoms with Crippen molar-refractivity contribution in [3.05, 3.63) is 76.3 Å². The number of amides is 1. The van der Waals surface area contributed by atoms with Gasteiger partial charge in [0.1, 0.15) is 5.82 Å². The second-order valence-corrected chi connectivity index (χ2v) is 9.03. The lowest BCUT2D eigenvalue weighted by atomic mass is 9.73. The number of aryl methyl sites for hydroxylation is 1. The Morgan fingerprint density at radius 2 is 1.81 bits per heavy atom. The number of pyridine rings is 1. The highest BCUT2D eigenvalue weighted by Gasteiger charge is 2.39. The van der Waals surface area contributed by atoms with Crippen LogP contribution in [0.4, 0.5) is 11.5 Å². The number of nitrogens with zero attached hydrogens (tertiary/aromatic N) is 2. The summed E-state index contributed by atoms with van der Waals surface area (Å²) in [6.07, 6.45) is 1.30. The van der Waals surface area contributed by atoms with Crippen molar-refractivity contribution in [2.45, 2.75) is 39.5 Å². The second-order valence-electron chi connectivity index (χ2n) is 9.03. The molecule has 1 aromatic heterocycles. The van der Waals surface area contributed by atoms with Crippen LogP contribution in [0.1, 0.15) is 43.9 Å². The minimum atomic E-state index is -0.410. The zero-order chi connectivity index (χ0) is 23.0. The first kappa shape index (κ1) is 21.8. The molecule has 2 heterocycles. The Hall–Kier alpha value is -3.41. The number of hydrogen-bond acceptors (Lipinski definition) is 5. The van der Waals surface area contributed by atoms with Gasteiger partial charge in [0.25, 0.3) is 5.91 Å². The van der Waals surface area contributed by atoms with E-state index in [1.807, 2.05) is 69.2 Å². The molecular formula is C26H30N4O2. The van der Waals surface area contributed by atoms with Crippen LogP contribution in [0.15, 0.2) is 65.0 Å². The largest absolute Gasteiger partial charge is 0.378 e. The Morgan fingerprint density at radius 1 is 1.09 bits per heavy atom. The second kappa shape index (κ2) is 8.61. The number of hydrogen-bond donors (Lipinski definition) is 2. The highest BCUT2D eigenvalue weighted by molar-refractivity contribution is 6.09. The van der Waals surface area contributed by atoms with E-state index in [4.69, 9.17) is 0 Å². The standard InChI is InChI=1S/C26H30N4O2/c1-15-13-20-25(21(31)14-15)24(18-9-11-19(12-10-18)30(4)5)23(17(3)28-20)26(32)29-22-8-6-7-16(2)27-22/h6-12,15,24,28H,13-14H2,1-5H3,(H,27,29,32)/t15-,24+/m0/s1. The van der Waals surface area contributed by atoms with Gasteiger partial charge >= 0.3 is 0 Å². The zero-order valence-corrected chi connectivity index (χ0v) is 19.3. The lowest BCUT2D eigenvalue weighted by Gasteiger charge is -2.36. The van der Waals surface area contributed by atoms with Gasteiger partial charge < -0.3 is 15.5 Å². The number of ketones is 1. The number of benzene rings is 1. The Kier molecular flexibility index (Phi) is 5.87. The topological polar surface area (TPSA) is 74.3 Å². The molecule has 0 unspecified atom stereocenters. The van der Waals surface area contributed by atoms with Crippen LogP contribution in [-0.2, 0) is 9.59 Å². The molecule has 0 saturated heterocycles. The predicted octanol–water partition coefficient (Wildman–Crippen LogP) is 4.31. The number of dihydropyridines is 1. The highest BCUT2D eigenvalue weighted by Crippen LogP contribution is 2.43. The molecule has 166 valence electrons. The number of aromatic nitrogens is 1. The van der Waals surface area contributed by atoms with Crippen molar-refractivity contribution in [2.75, 3.05) is 24.3 Å². The van der Waals surface area contributed by atoms with Crippen LogP contribution in [0.2, 0.25) is 0 Å². The maximum absolute atomic E-state index is 13.5. The monoisotopic (exact) mass is 430 g/mol. The number of Topliss-reactive ketones (excluding diaryl/α,β-unsaturated/α-hetero) is 1. The molecule has 1 aliphatic carbocycles. The van der Waals surface area contributed by atoms with E-state index >= 15 is 0 Å². The number of carbonyl (C=O) groups is 2. The predicted molar refractivity (Wildman–Crippen MR) is 127 cm³/mol. The summed E-state index contributed by atoms with van der Waals surface area (Å²) in [7, 11) is 3.98. The third kappa shape index (κ3) is 4.17. The summed E-state index contributed by atoms with van der Waals surface area (Å²) in [6, 6.07) is 13.6. The Balaban J connectivity index is 1.78. The number of allylic oxidation sites excluding steroid dienone is 3. The summed E-state index contributed by atoms with van der Waals surface area (Å²) in [6.45, 7) is 5.89. The van der Waals surface area contributed by atoms with Crippen LogP contribution in [0.3, 0.4) is 0 Å². The molecule has 2 N–H and O–H groups in total. The fourth-order valence-electron chi connectivity index (χ4n) is 4.63. The minimum absolute atomic E-state index is 0.111. The normalized spacial score (nSPS) is 20.6. The van der Waals surface area contributed by atoms with E-state index in [0.717, 1.165) is 34.8 Å². The molecule has 0 bridgehead atoms. The smallest absolute Gasteiger partial charge is 0.255 e. The number of rotatable bonds is 4. The van der Waals surface area contributed by atoms with Gasteiger partial charge in [0.2, 0.25) is 0 Å². The van der Waals surface area contributed by atoms with Gasteiger partial charge in [0.05, 0.1) is 0 Å². The Labute approximate surface area is 189 Å². The molecule has 1 amide bonds. The lowest BCUT2D eigenvalue weighted by molar-refractivity contribution is -0.117. The quantitative estimate of drug-likeness (QED) is 0.756. The minimum Gasteiger partial charge on any atom is -0.378 e. The Bertz CT molecular complexity index is 1130. The summed E-state index contributed by atoms with van der Waals surface area (Å²) in [5.41, 5.74) is 5.83. The van der Waals surface area contributed by atoms with Gasteiger partial charge in [-0.25, -0.2) is 4.98 Å². The maximum Gasteiger partial charge on any atom is 0.255 e. The molecule has 1 aliphatic heterocycles. The third-order valence-electron chi connectivity index (χ3n) is 6.15. The molecule has 6 nitrogen and oxygen atoms in total. The van der Waals surface area contributed by atoms with E-state index in [1.165, 1.54) is 0 Å². The molecule has 0 spiro atoms. The van der Waals surface area contributed by atoms with Crippen molar-refractivity contribution >= 4 is 23.2 Å². The van der Waals surface area contributed by atoms with E-state index in [9.17, 15) is 9.59 Å². The molecule has 6 heteroatoms. The molecular weight excluding hydrogens is 400 g/mol. The first-order valence-corrected chi connectivity index (χ1v) is 11.0. The van der Waals surface area contributed by atoms with E-state index in [0.29, 0.717) is 23.4 Å². The van der Waals surface area contributed by atoms with E-state index in [2.05, 4.69) is 22.5 Å². The molecule has 32 heavy (non-hydrogen) atoms. The van der Waals surface area contributed by atoms with Crippen LogP contribution in [0, 0.1) is 12.8 Å². The summed E-state index contributed by atoms with van der Waals surface area (Å²) in [5, 5.41) is 6.33. The van der Waals surface area contributed by atoms with E-state index < -0.39 is 5.92 Å². The zero-order valence-electron chi connectivity index (χ0n) is 19.3. The van der Waals surface area contributed by atoms with E-state index in [1.54, 1.807) is 6.07 Å². The van der Waals surface area contributed by atoms with Crippen molar-refractivity contribution in [2.24, 2.45) is 5.92 Å². The van der Waals surface area contributed by atoms with Crippen molar-refractivity contribution in [1.29, 1.82) is 0 Å². The number of anilines is 2. The number of carbonyl (C=O) groups excluding carboxylic acids is 2. The third-order valence-corrected chi connectivity index (χ3v) is 6.15. The molecule has 0 fully saturated rings. The van der Waals surface area contributed by atoms with Crippen LogP contribution >= 0.6 is 0 Å². The van der Waals surface area contributed by atoms with Gasteiger partial charge in [-0.15, -0.1) is 0 Å². The van der Waals surface area contributed by atoms with Crippen LogP contribution < -0.4 is 15.5 Å². The van der Waals surface area contributed by atoms with Gasteiger partial charge in [-0.05, 0) is 56.0 Å². The summed E-state index contributed by atoms with van der Waals surface area (Å²) < 4.78 is 0. The lowest BCUT2D eigenvalue weighted by Crippen LogP contribution is -2.37. The van der Waals surface area contributed by atoms with Gasteiger partial charge in [0, 0.05) is 60.4 Å². The first-order chi connectivity index (χ1) is 15.2. The van der Waals surface area contributed by atoms with E-state index in [-0.39, 0.29) is 17.6 Å². The molecule has 0 radical (unpaired) electrons. The average Bonchev–Trinajstić information content (AvgIpc) is 2.72. The van der Waals surface area contributed by atoms with Crippen molar-refractivity contribution in [1.82, 2.24) is 10.3 Å². The molecule has 2 atom stereocenters. The molecule has 1 aromatic carbocycles. The average molecular weight is 431 g/mol. The SMILES string of the molecule is CC1=C(C(=O)Nc2cccc(C)n2)[C@@H](c2ccc(N(C)C)cc2)C2=C(C[C@H](C)CC2=O)N1. The highest BCUT2D eigenvalue weighted by atomic mass is 16.2. The summed E-state index contributed by atoms with van der Waals surface area (Å²) in [4.78, 5) is 33.1. The molecule has 0 saturated carbocycles. The van der Waals surface area contributed by atoms with Gasteiger partial charge in [-0.2, -0.15) is 0 Å². The van der Waals surface area contributed by atoms with Gasteiger partial charge in [-0.3, -0.25) is 9.59 Å². The van der Waals surface area contributed by atoms with Gasteiger partial charge in [-0.1, -0.05) is 25.1 Å². The van der Waals surface area contributed by atoms with Gasteiger partial charge in [0.15, 0.2) is 5.78 Å². The fraction of sp³-hybridized carbons (Fsp3) is 0.346. The van der Waals surface area contributed by atoms with Crippen LogP contribution in [0.5, 0.6) is 0 Å². The maximum atomic E-state index is 13.5. The molecule has 2 aromatic rings. The van der Waals surface area contributed by atoms with Crippen molar-refractivity contribution in [3.8, 4) is 0 Å². The summed E-state index contributed by atoms with van der Waals surface area (Å²) in [5.74, 6) is 0.241. The Morgan fingerprint density at radius 3 is 2.47 bits per heavy atom. The van der Waals surface area contributed by atoms with Crippen LogP contribution in [0.25, 0.3) is 0 Å². The van der Waals surface area contributed by atoms with Crippen LogP contribution in [-0.4, -0.2) is 30.8 Å². The fourth-order valence-corrected chi connectivity index (χ4v) is 4.63. The molecule has 2 aliphatic rings. The van der Waals surface area contributed by atoms with Crippen molar-refractivity contribution in [3.63, 3.8) is 0 Å². The van der Waals surface area contributed by atoms with Crippen molar-refractivity contribution < 1.29 is 9.59 Å². The summed E-state index contributed by atoms with van der Waals surface area (Å²) >= 11 is 0. The molecule has 4 rings (SSSR count). The number of nitrogens with one attached hydrogen (secondary N) is 2.